The average Bonchev–Trinajstić information content (AvgIpc) is 2.27. The van der Waals surface area contributed by atoms with Crippen LogP contribution in [0.5, 0.6) is 5.75 Å². The number of nitrogens with two attached hydrogens (primary N) is 1. The summed E-state index contributed by atoms with van der Waals surface area (Å²) in [7, 11) is 1.75. The van der Waals surface area contributed by atoms with Gasteiger partial charge in [-0.05, 0) is 48.8 Å². The predicted molar refractivity (Wildman–Crippen MR) is 66.8 cm³/mol. The normalized spacial score (nSPS) is 23.9. The fourth-order valence-corrected chi connectivity index (χ4v) is 2.48. The second kappa shape index (κ2) is 4.88. The lowest BCUT2D eigenvalue weighted by molar-refractivity contribution is 0.261. The van der Waals surface area contributed by atoms with E-state index in [2.05, 4.69) is 25.1 Å². The van der Waals surface area contributed by atoms with Crippen LogP contribution in [0.25, 0.3) is 0 Å². The highest BCUT2D eigenvalue weighted by atomic mass is 16.5. The highest BCUT2D eigenvalue weighted by molar-refractivity contribution is 5.37. The Morgan fingerprint density at radius 3 is 2.69 bits per heavy atom. The Hall–Kier alpha value is -1.02. The molecule has 2 N–H and O–H groups in total. The van der Waals surface area contributed by atoms with E-state index in [1.165, 1.54) is 24.0 Å². The molecule has 0 heterocycles. The standard InChI is InChI=1S/C14H21NO/c1-3-10-4-5-14(16-2)12(6-10)7-11-8-13(15)9-11/h4-6,11,13H,3,7-9,15H2,1-2H3. The monoisotopic (exact) mass is 219 g/mol. The highest BCUT2D eigenvalue weighted by Gasteiger charge is 2.26. The van der Waals surface area contributed by atoms with Gasteiger partial charge in [0.1, 0.15) is 5.75 Å². The predicted octanol–water partition coefficient (Wildman–Crippen LogP) is 2.54. The van der Waals surface area contributed by atoms with E-state index >= 15 is 0 Å². The summed E-state index contributed by atoms with van der Waals surface area (Å²) in [5.74, 6) is 1.79. The molecule has 88 valence electrons. The van der Waals surface area contributed by atoms with Crippen molar-refractivity contribution in [1.29, 1.82) is 0 Å². The van der Waals surface area contributed by atoms with Crippen LogP contribution in [0.2, 0.25) is 0 Å². The fraction of sp³-hybridized carbons (Fsp3) is 0.571. The van der Waals surface area contributed by atoms with Gasteiger partial charge in [-0.15, -0.1) is 0 Å². The van der Waals surface area contributed by atoms with Crippen molar-refractivity contribution in [1.82, 2.24) is 0 Å². The van der Waals surface area contributed by atoms with Crippen LogP contribution in [0, 0.1) is 5.92 Å². The molecule has 0 amide bonds. The van der Waals surface area contributed by atoms with Crippen molar-refractivity contribution < 1.29 is 4.74 Å². The van der Waals surface area contributed by atoms with E-state index in [0.29, 0.717) is 6.04 Å². The molecule has 1 aromatic carbocycles. The van der Waals surface area contributed by atoms with E-state index in [0.717, 1.165) is 24.5 Å². The molecule has 1 saturated carbocycles. The highest BCUT2D eigenvalue weighted by Crippen LogP contribution is 2.32. The molecule has 0 aliphatic heterocycles. The van der Waals surface area contributed by atoms with E-state index in [9.17, 15) is 0 Å². The van der Waals surface area contributed by atoms with Gasteiger partial charge in [0.25, 0.3) is 0 Å². The van der Waals surface area contributed by atoms with Gasteiger partial charge in [0.15, 0.2) is 0 Å². The van der Waals surface area contributed by atoms with Gasteiger partial charge in [0.2, 0.25) is 0 Å². The van der Waals surface area contributed by atoms with E-state index in [1.54, 1.807) is 7.11 Å². The molecule has 2 rings (SSSR count). The van der Waals surface area contributed by atoms with Crippen LogP contribution in [0.15, 0.2) is 18.2 Å². The Labute approximate surface area is 97.8 Å². The number of rotatable bonds is 4. The zero-order valence-corrected chi connectivity index (χ0v) is 10.2. The zero-order chi connectivity index (χ0) is 11.5. The van der Waals surface area contributed by atoms with Crippen LogP contribution in [0.1, 0.15) is 30.9 Å². The van der Waals surface area contributed by atoms with Crippen LogP contribution < -0.4 is 10.5 Å². The van der Waals surface area contributed by atoms with Crippen LogP contribution in [0.4, 0.5) is 0 Å². The Morgan fingerprint density at radius 2 is 2.12 bits per heavy atom. The molecule has 0 spiro atoms. The third kappa shape index (κ3) is 2.38. The van der Waals surface area contributed by atoms with Crippen LogP contribution in [-0.4, -0.2) is 13.2 Å². The molecule has 1 aromatic rings. The lowest BCUT2D eigenvalue weighted by Gasteiger charge is -2.32. The van der Waals surface area contributed by atoms with Gasteiger partial charge < -0.3 is 10.5 Å². The summed E-state index contributed by atoms with van der Waals surface area (Å²) in [4.78, 5) is 0. The van der Waals surface area contributed by atoms with Crippen molar-refractivity contribution in [3.05, 3.63) is 29.3 Å². The third-order valence-electron chi connectivity index (χ3n) is 3.53. The Kier molecular flexibility index (Phi) is 3.49. The van der Waals surface area contributed by atoms with Gasteiger partial charge in [0, 0.05) is 6.04 Å². The lowest BCUT2D eigenvalue weighted by atomic mass is 9.77. The van der Waals surface area contributed by atoms with Crippen molar-refractivity contribution in [2.75, 3.05) is 7.11 Å². The number of ether oxygens (including phenoxy) is 1. The Morgan fingerprint density at radius 1 is 1.38 bits per heavy atom. The van der Waals surface area contributed by atoms with Crippen molar-refractivity contribution in [3.63, 3.8) is 0 Å². The molecular weight excluding hydrogens is 198 g/mol. The van der Waals surface area contributed by atoms with Crippen molar-refractivity contribution in [2.24, 2.45) is 11.7 Å². The van der Waals surface area contributed by atoms with Crippen molar-refractivity contribution >= 4 is 0 Å². The van der Waals surface area contributed by atoms with E-state index < -0.39 is 0 Å². The van der Waals surface area contributed by atoms with Crippen molar-refractivity contribution in [3.8, 4) is 5.75 Å². The topological polar surface area (TPSA) is 35.2 Å². The number of benzene rings is 1. The summed E-state index contributed by atoms with van der Waals surface area (Å²) in [6, 6.07) is 6.95. The van der Waals surface area contributed by atoms with E-state index in [1.807, 2.05) is 0 Å². The largest absolute Gasteiger partial charge is 0.496 e. The molecule has 0 unspecified atom stereocenters. The molecule has 0 bridgehead atoms. The number of methoxy groups -OCH3 is 1. The summed E-state index contributed by atoms with van der Waals surface area (Å²) in [5.41, 5.74) is 8.55. The summed E-state index contributed by atoms with van der Waals surface area (Å²) < 4.78 is 5.41. The quantitative estimate of drug-likeness (QED) is 0.844. The van der Waals surface area contributed by atoms with E-state index in [4.69, 9.17) is 10.5 Å². The second-order valence-electron chi connectivity index (χ2n) is 4.80. The fourth-order valence-electron chi connectivity index (χ4n) is 2.48. The maximum atomic E-state index is 5.82. The van der Waals surface area contributed by atoms with Gasteiger partial charge in [-0.2, -0.15) is 0 Å². The van der Waals surface area contributed by atoms with Crippen LogP contribution >= 0.6 is 0 Å². The summed E-state index contributed by atoms with van der Waals surface area (Å²) in [5, 5.41) is 0. The summed E-state index contributed by atoms with van der Waals surface area (Å²) in [6.07, 6.45) is 4.53. The van der Waals surface area contributed by atoms with Gasteiger partial charge >= 0.3 is 0 Å². The van der Waals surface area contributed by atoms with Crippen LogP contribution in [-0.2, 0) is 12.8 Å². The van der Waals surface area contributed by atoms with Crippen LogP contribution in [0.3, 0.4) is 0 Å². The van der Waals surface area contributed by atoms with Crippen molar-refractivity contribution in [2.45, 2.75) is 38.6 Å². The number of aryl methyl sites for hydroxylation is 1. The molecule has 1 fully saturated rings. The molecular formula is C14H21NO. The molecule has 16 heavy (non-hydrogen) atoms. The molecule has 0 radical (unpaired) electrons. The molecule has 0 saturated heterocycles. The average molecular weight is 219 g/mol. The van der Waals surface area contributed by atoms with E-state index in [-0.39, 0.29) is 0 Å². The van der Waals surface area contributed by atoms with Gasteiger partial charge in [0.05, 0.1) is 7.11 Å². The molecule has 2 heteroatoms. The SMILES string of the molecule is CCc1ccc(OC)c(CC2CC(N)C2)c1. The molecule has 1 aliphatic carbocycles. The number of hydrogen-bond donors (Lipinski definition) is 1. The smallest absolute Gasteiger partial charge is 0.122 e. The third-order valence-corrected chi connectivity index (χ3v) is 3.53. The zero-order valence-electron chi connectivity index (χ0n) is 10.2. The van der Waals surface area contributed by atoms with Gasteiger partial charge in [-0.25, -0.2) is 0 Å². The molecule has 0 atom stereocenters. The number of hydrogen-bond acceptors (Lipinski definition) is 2. The minimum atomic E-state index is 0.436. The first-order valence-corrected chi connectivity index (χ1v) is 6.14. The van der Waals surface area contributed by atoms with Gasteiger partial charge in [-0.3, -0.25) is 0 Å². The molecule has 0 aromatic heterocycles. The first-order valence-electron chi connectivity index (χ1n) is 6.14. The summed E-state index contributed by atoms with van der Waals surface area (Å²) in [6.45, 7) is 2.19. The maximum Gasteiger partial charge on any atom is 0.122 e. The second-order valence-corrected chi connectivity index (χ2v) is 4.80. The minimum Gasteiger partial charge on any atom is -0.496 e. The maximum absolute atomic E-state index is 5.82. The summed E-state index contributed by atoms with van der Waals surface area (Å²) >= 11 is 0. The Balaban J connectivity index is 2.10. The minimum absolute atomic E-state index is 0.436. The van der Waals surface area contributed by atoms with Gasteiger partial charge in [-0.1, -0.05) is 19.1 Å². The first-order chi connectivity index (χ1) is 7.72. The lowest BCUT2D eigenvalue weighted by Crippen LogP contribution is -2.37. The molecule has 1 aliphatic rings. The molecule has 2 nitrogen and oxygen atoms in total. The Bertz CT molecular complexity index is 356. The first kappa shape index (κ1) is 11.5.